The third-order valence-corrected chi connectivity index (χ3v) is 5.15. The zero-order valence-electron chi connectivity index (χ0n) is 19.4. The highest BCUT2D eigenvalue weighted by atomic mass is 16.5. The maximum Gasteiger partial charge on any atom is 0.331 e. The van der Waals surface area contributed by atoms with Gasteiger partial charge in [0, 0.05) is 12.6 Å². The first kappa shape index (κ1) is 25.0. The molecule has 35 heavy (non-hydrogen) atoms. The highest BCUT2D eigenvalue weighted by Crippen LogP contribution is 2.18. The van der Waals surface area contributed by atoms with Gasteiger partial charge in [-0.1, -0.05) is 42.5 Å². The number of anilines is 2. The number of carbonyl (C=O) groups is 2. The van der Waals surface area contributed by atoms with Crippen LogP contribution in [0.15, 0.2) is 70.3 Å². The monoisotopic (exact) mass is 478 g/mol. The molecule has 0 bridgehead atoms. The Morgan fingerprint density at radius 2 is 1.77 bits per heavy atom. The molecule has 0 atom stereocenters. The molecule has 0 fully saturated rings. The molecule has 10 nitrogen and oxygen atoms in total. The lowest BCUT2D eigenvalue weighted by Gasteiger charge is -2.23. The third kappa shape index (κ3) is 6.26. The van der Waals surface area contributed by atoms with Gasteiger partial charge in [-0.3, -0.25) is 19.1 Å². The molecular formula is C25H26N4O6. The van der Waals surface area contributed by atoms with Gasteiger partial charge in [-0.2, -0.15) is 0 Å². The maximum absolute atomic E-state index is 12.8. The Balaban J connectivity index is 1.73. The van der Waals surface area contributed by atoms with E-state index in [1.54, 1.807) is 50.4 Å². The normalized spacial score (nSPS) is 10.8. The van der Waals surface area contributed by atoms with Crippen LogP contribution < -0.4 is 26.6 Å². The standard InChI is InChI=1S/C25H26N4O6/c1-3-28(20(30)16-35-21(31)14-11-17-9-12-19(34-2)13-10-17)22-23(26)29(25(33)27-24(22)32)15-18-7-5-4-6-8-18/h4-14H,3,15-16,26H2,1-2H3,(H,27,32,33)/b14-11+. The molecule has 0 saturated carbocycles. The van der Waals surface area contributed by atoms with E-state index in [1.165, 1.54) is 16.7 Å². The molecule has 3 rings (SSSR count). The lowest BCUT2D eigenvalue weighted by molar-refractivity contribution is -0.142. The summed E-state index contributed by atoms with van der Waals surface area (Å²) >= 11 is 0. The van der Waals surface area contributed by atoms with Crippen LogP contribution >= 0.6 is 0 Å². The van der Waals surface area contributed by atoms with E-state index in [0.29, 0.717) is 5.75 Å². The molecule has 2 aromatic carbocycles. The molecule has 0 aliphatic rings. The Labute approximate surface area is 201 Å². The van der Waals surface area contributed by atoms with Crippen LogP contribution in [0.25, 0.3) is 6.08 Å². The smallest absolute Gasteiger partial charge is 0.331 e. The van der Waals surface area contributed by atoms with Gasteiger partial charge in [0.15, 0.2) is 12.3 Å². The van der Waals surface area contributed by atoms with E-state index < -0.39 is 29.7 Å². The van der Waals surface area contributed by atoms with Crippen LogP contribution in [0.3, 0.4) is 0 Å². The Bertz CT molecular complexity index is 1330. The molecule has 10 heteroatoms. The summed E-state index contributed by atoms with van der Waals surface area (Å²) in [6, 6.07) is 16.1. The average molecular weight is 479 g/mol. The van der Waals surface area contributed by atoms with Crippen molar-refractivity contribution in [2.75, 3.05) is 30.9 Å². The van der Waals surface area contributed by atoms with Crippen molar-refractivity contribution in [3.05, 3.63) is 92.6 Å². The minimum atomic E-state index is -0.808. The van der Waals surface area contributed by atoms with Gasteiger partial charge in [0.25, 0.3) is 11.5 Å². The summed E-state index contributed by atoms with van der Waals surface area (Å²) in [5.41, 5.74) is 5.99. The third-order valence-electron chi connectivity index (χ3n) is 5.15. The molecule has 1 aromatic heterocycles. The van der Waals surface area contributed by atoms with Crippen LogP contribution in [0.1, 0.15) is 18.1 Å². The lowest BCUT2D eigenvalue weighted by atomic mass is 10.2. The number of hydrogen-bond acceptors (Lipinski definition) is 7. The molecule has 1 heterocycles. The van der Waals surface area contributed by atoms with Gasteiger partial charge in [0.2, 0.25) is 0 Å². The summed E-state index contributed by atoms with van der Waals surface area (Å²) in [4.78, 5) is 53.1. The molecule has 3 aromatic rings. The van der Waals surface area contributed by atoms with Gasteiger partial charge in [0.1, 0.15) is 11.6 Å². The molecule has 0 radical (unpaired) electrons. The van der Waals surface area contributed by atoms with Crippen molar-refractivity contribution in [3.63, 3.8) is 0 Å². The Morgan fingerprint density at radius 1 is 1.09 bits per heavy atom. The van der Waals surface area contributed by atoms with Crippen LogP contribution in [-0.2, 0) is 20.9 Å². The van der Waals surface area contributed by atoms with E-state index in [1.807, 2.05) is 18.2 Å². The van der Waals surface area contributed by atoms with Crippen molar-refractivity contribution in [1.82, 2.24) is 9.55 Å². The fourth-order valence-corrected chi connectivity index (χ4v) is 3.36. The second-order valence-electron chi connectivity index (χ2n) is 7.42. The van der Waals surface area contributed by atoms with E-state index >= 15 is 0 Å². The summed E-state index contributed by atoms with van der Waals surface area (Å²) in [5.74, 6) is -0.884. The van der Waals surface area contributed by atoms with Gasteiger partial charge in [-0.15, -0.1) is 0 Å². The van der Waals surface area contributed by atoms with E-state index in [2.05, 4.69) is 4.98 Å². The van der Waals surface area contributed by atoms with Gasteiger partial charge >= 0.3 is 11.7 Å². The number of methoxy groups -OCH3 is 1. The topological polar surface area (TPSA) is 137 Å². The highest BCUT2D eigenvalue weighted by molar-refractivity contribution is 5.98. The molecule has 0 spiro atoms. The minimum absolute atomic E-state index is 0.0644. The summed E-state index contributed by atoms with van der Waals surface area (Å²) in [5, 5.41) is 0. The van der Waals surface area contributed by atoms with Crippen molar-refractivity contribution in [1.29, 1.82) is 0 Å². The molecule has 1 amide bonds. The number of carbonyl (C=O) groups excluding carboxylic acids is 2. The summed E-state index contributed by atoms with van der Waals surface area (Å²) in [6.45, 7) is 1.19. The predicted octanol–water partition coefficient (Wildman–Crippen LogP) is 1.79. The molecule has 0 unspecified atom stereocenters. The zero-order chi connectivity index (χ0) is 25.4. The first-order valence-electron chi connectivity index (χ1n) is 10.8. The van der Waals surface area contributed by atoms with Crippen molar-refractivity contribution in [3.8, 4) is 5.75 Å². The number of H-pyrrole nitrogens is 1. The number of aromatic nitrogens is 2. The number of aromatic amines is 1. The predicted molar refractivity (Wildman–Crippen MR) is 132 cm³/mol. The summed E-state index contributed by atoms with van der Waals surface area (Å²) < 4.78 is 11.3. The number of nitrogens with zero attached hydrogens (tertiary/aromatic N) is 2. The van der Waals surface area contributed by atoms with Crippen LogP contribution in [0, 0.1) is 0 Å². The van der Waals surface area contributed by atoms with Gasteiger partial charge in [0.05, 0.1) is 13.7 Å². The van der Waals surface area contributed by atoms with Crippen LogP contribution in [0.5, 0.6) is 5.75 Å². The van der Waals surface area contributed by atoms with Gasteiger partial charge < -0.3 is 20.1 Å². The quantitative estimate of drug-likeness (QED) is 0.353. The van der Waals surface area contributed by atoms with Crippen LogP contribution in [-0.4, -0.2) is 41.7 Å². The first-order valence-corrected chi connectivity index (χ1v) is 10.8. The fourth-order valence-electron chi connectivity index (χ4n) is 3.36. The van der Waals surface area contributed by atoms with E-state index in [-0.39, 0.29) is 24.6 Å². The fraction of sp³-hybridized carbons (Fsp3) is 0.200. The second-order valence-corrected chi connectivity index (χ2v) is 7.42. The number of nitrogens with two attached hydrogens (primary N) is 1. The number of nitrogens with one attached hydrogen (secondary N) is 1. The maximum atomic E-state index is 12.8. The van der Waals surface area contributed by atoms with Crippen LogP contribution in [0.2, 0.25) is 0 Å². The summed E-state index contributed by atoms with van der Waals surface area (Å²) in [6.07, 6.45) is 2.72. The van der Waals surface area contributed by atoms with Gasteiger partial charge in [-0.05, 0) is 36.3 Å². The number of likely N-dealkylation sites (N-methyl/N-ethyl adjacent to an activating group) is 1. The lowest BCUT2D eigenvalue weighted by Crippen LogP contribution is -2.42. The molecular weight excluding hydrogens is 452 g/mol. The second kappa shape index (κ2) is 11.5. The zero-order valence-corrected chi connectivity index (χ0v) is 19.4. The Kier molecular flexibility index (Phi) is 8.23. The number of amides is 1. The SMILES string of the molecule is CCN(C(=O)COC(=O)/C=C/c1ccc(OC)cc1)c1c(N)n(Cc2ccccc2)c(=O)[nH]c1=O. The minimum Gasteiger partial charge on any atom is -0.497 e. The van der Waals surface area contributed by atoms with Crippen molar-refractivity contribution < 1.29 is 19.1 Å². The van der Waals surface area contributed by atoms with Gasteiger partial charge in [-0.25, -0.2) is 9.59 Å². The molecule has 0 aliphatic carbocycles. The van der Waals surface area contributed by atoms with Crippen molar-refractivity contribution in [2.24, 2.45) is 0 Å². The first-order chi connectivity index (χ1) is 16.8. The highest BCUT2D eigenvalue weighted by Gasteiger charge is 2.23. The number of nitrogen functional groups attached to an aromatic ring is 1. The van der Waals surface area contributed by atoms with E-state index in [4.69, 9.17) is 15.2 Å². The largest absolute Gasteiger partial charge is 0.497 e. The molecule has 182 valence electrons. The number of rotatable bonds is 9. The van der Waals surface area contributed by atoms with Crippen molar-refractivity contribution in [2.45, 2.75) is 13.5 Å². The molecule has 3 N–H and O–H groups in total. The number of ether oxygens (including phenoxy) is 2. The summed E-state index contributed by atoms with van der Waals surface area (Å²) in [7, 11) is 1.55. The van der Waals surface area contributed by atoms with Crippen LogP contribution in [0.4, 0.5) is 11.5 Å². The van der Waals surface area contributed by atoms with E-state index in [9.17, 15) is 19.2 Å². The number of hydrogen-bond donors (Lipinski definition) is 2. The molecule has 0 saturated heterocycles. The Hall–Kier alpha value is -4.60. The molecule has 0 aliphatic heterocycles. The Morgan fingerprint density at radius 3 is 2.40 bits per heavy atom. The van der Waals surface area contributed by atoms with Crippen molar-refractivity contribution >= 4 is 29.5 Å². The number of benzene rings is 2. The number of esters is 1. The average Bonchev–Trinajstić information content (AvgIpc) is 2.87. The van der Waals surface area contributed by atoms with E-state index in [0.717, 1.165) is 16.0 Å².